The first kappa shape index (κ1) is 22.9. The number of hydrogen-bond donors (Lipinski definition) is 2. The monoisotopic (exact) mass is 381 g/mol. The molecule has 0 aliphatic carbocycles. The Bertz CT molecular complexity index is 590. The lowest BCUT2D eigenvalue weighted by Crippen LogP contribution is -2.45. The minimum absolute atomic E-state index is 0.0332. The molecule has 27 heavy (non-hydrogen) atoms. The highest BCUT2D eigenvalue weighted by Gasteiger charge is 2.32. The van der Waals surface area contributed by atoms with Crippen LogP contribution in [0.25, 0.3) is 0 Å². The van der Waals surface area contributed by atoms with Crippen LogP contribution in [-0.4, -0.2) is 51.2 Å². The van der Waals surface area contributed by atoms with Crippen LogP contribution in [0.5, 0.6) is 0 Å². The van der Waals surface area contributed by atoms with E-state index in [-0.39, 0.29) is 13.0 Å². The van der Waals surface area contributed by atoms with Crippen molar-refractivity contribution in [2.24, 2.45) is 0 Å². The van der Waals surface area contributed by atoms with Gasteiger partial charge in [0.2, 0.25) is 0 Å². The van der Waals surface area contributed by atoms with Crippen LogP contribution in [0, 0.1) is 0 Å². The summed E-state index contributed by atoms with van der Waals surface area (Å²) in [5.41, 5.74) is -1.04. The fraction of sp³-hybridized carbons (Fsp3) is 0.600. The van der Waals surface area contributed by atoms with E-state index in [2.05, 4.69) is 0 Å². The SMILES string of the molecule is CC(C)(C)OC(=O)N(CC[C@@H](O)[C@H](O)c1ccccc1)C(=O)OC(C)(C)C. The number of carbonyl (C=O) groups excluding carboxylic acids is 2. The number of imide groups is 1. The van der Waals surface area contributed by atoms with Crippen LogP contribution in [-0.2, 0) is 9.47 Å². The van der Waals surface area contributed by atoms with E-state index in [1.165, 1.54) is 0 Å². The van der Waals surface area contributed by atoms with Crippen molar-refractivity contribution in [3.8, 4) is 0 Å². The summed E-state index contributed by atoms with van der Waals surface area (Å²) in [5.74, 6) is 0. The molecule has 0 unspecified atom stereocenters. The highest BCUT2D eigenvalue weighted by molar-refractivity contribution is 5.88. The summed E-state index contributed by atoms with van der Waals surface area (Å²) in [6, 6.07) is 8.67. The van der Waals surface area contributed by atoms with Gasteiger partial charge in [0.25, 0.3) is 0 Å². The molecular formula is C20H31NO6. The zero-order valence-electron chi connectivity index (χ0n) is 16.9. The number of aliphatic hydroxyl groups excluding tert-OH is 2. The molecule has 0 saturated carbocycles. The molecule has 7 nitrogen and oxygen atoms in total. The van der Waals surface area contributed by atoms with Gasteiger partial charge in [0, 0.05) is 6.54 Å². The molecule has 0 saturated heterocycles. The van der Waals surface area contributed by atoms with E-state index >= 15 is 0 Å². The van der Waals surface area contributed by atoms with Gasteiger partial charge in [-0.15, -0.1) is 0 Å². The summed E-state index contributed by atoms with van der Waals surface area (Å²) in [5, 5.41) is 20.5. The number of amides is 2. The standard InChI is InChI=1S/C20H31NO6/c1-19(2,3)26-17(24)21(18(25)27-20(4,5)6)13-12-15(22)16(23)14-10-8-7-9-11-14/h7-11,15-16,22-23H,12-13H2,1-6H3/t15-,16-/m1/s1. The predicted molar refractivity (Wildman–Crippen MR) is 101 cm³/mol. The highest BCUT2D eigenvalue weighted by atomic mass is 16.6. The molecule has 0 aliphatic heterocycles. The van der Waals surface area contributed by atoms with Crippen LogP contribution in [0.15, 0.2) is 30.3 Å². The molecule has 0 bridgehead atoms. The molecule has 2 amide bonds. The van der Waals surface area contributed by atoms with E-state index in [4.69, 9.17) is 9.47 Å². The second-order valence-electron chi connectivity index (χ2n) is 8.32. The van der Waals surface area contributed by atoms with Crippen molar-refractivity contribution >= 4 is 12.2 Å². The summed E-state index contributed by atoms with van der Waals surface area (Å²) in [6.07, 6.45) is -4.06. The van der Waals surface area contributed by atoms with Crippen LogP contribution >= 0.6 is 0 Å². The maximum absolute atomic E-state index is 12.4. The molecule has 0 radical (unpaired) electrons. The summed E-state index contributed by atoms with van der Waals surface area (Å²) in [6.45, 7) is 9.96. The third-order valence-electron chi connectivity index (χ3n) is 3.38. The fourth-order valence-corrected chi connectivity index (χ4v) is 2.18. The molecular weight excluding hydrogens is 350 g/mol. The lowest BCUT2D eigenvalue weighted by Gasteiger charge is -2.29. The molecule has 0 aliphatic rings. The lowest BCUT2D eigenvalue weighted by molar-refractivity contribution is -0.0122. The van der Waals surface area contributed by atoms with Gasteiger partial charge in [-0.2, -0.15) is 0 Å². The number of aliphatic hydroxyl groups is 2. The average molecular weight is 381 g/mol. The lowest BCUT2D eigenvalue weighted by atomic mass is 10.0. The largest absolute Gasteiger partial charge is 0.443 e. The Morgan fingerprint density at radius 1 is 0.926 bits per heavy atom. The van der Waals surface area contributed by atoms with Gasteiger partial charge in [-0.3, -0.25) is 0 Å². The molecule has 1 aromatic rings. The van der Waals surface area contributed by atoms with Crippen molar-refractivity contribution in [3.63, 3.8) is 0 Å². The van der Waals surface area contributed by atoms with Gasteiger partial charge in [0.15, 0.2) is 0 Å². The molecule has 152 valence electrons. The smallest absolute Gasteiger partial charge is 0.419 e. The first-order valence-electron chi connectivity index (χ1n) is 8.95. The first-order chi connectivity index (χ1) is 12.3. The molecule has 0 heterocycles. The van der Waals surface area contributed by atoms with Crippen LogP contribution in [0.1, 0.15) is 59.6 Å². The van der Waals surface area contributed by atoms with Crippen LogP contribution in [0.2, 0.25) is 0 Å². The van der Waals surface area contributed by atoms with E-state index in [1.807, 2.05) is 0 Å². The van der Waals surface area contributed by atoms with Gasteiger partial charge < -0.3 is 19.7 Å². The number of rotatable bonds is 5. The number of carbonyl (C=O) groups is 2. The molecule has 1 aromatic carbocycles. The van der Waals surface area contributed by atoms with Gasteiger partial charge in [-0.1, -0.05) is 30.3 Å². The highest BCUT2D eigenvalue weighted by Crippen LogP contribution is 2.20. The Morgan fingerprint density at radius 2 is 1.37 bits per heavy atom. The van der Waals surface area contributed by atoms with Crippen molar-refractivity contribution in [1.29, 1.82) is 0 Å². The number of ether oxygens (including phenoxy) is 2. The van der Waals surface area contributed by atoms with E-state index < -0.39 is 35.6 Å². The van der Waals surface area contributed by atoms with Crippen molar-refractivity contribution in [1.82, 2.24) is 4.90 Å². The predicted octanol–water partition coefficient (Wildman–Crippen LogP) is 3.64. The first-order valence-corrected chi connectivity index (χ1v) is 8.95. The fourth-order valence-electron chi connectivity index (χ4n) is 2.18. The van der Waals surface area contributed by atoms with Gasteiger partial charge in [-0.05, 0) is 53.5 Å². The van der Waals surface area contributed by atoms with Crippen LogP contribution < -0.4 is 0 Å². The van der Waals surface area contributed by atoms with Crippen molar-refractivity contribution in [3.05, 3.63) is 35.9 Å². The number of hydrogen-bond acceptors (Lipinski definition) is 6. The van der Waals surface area contributed by atoms with Crippen LogP contribution in [0.3, 0.4) is 0 Å². The molecule has 1 rings (SSSR count). The Labute approximate surface area is 160 Å². The third-order valence-corrected chi connectivity index (χ3v) is 3.38. The van der Waals surface area contributed by atoms with Crippen LogP contribution in [0.4, 0.5) is 9.59 Å². The van der Waals surface area contributed by atoms with Gasteiger partial charge >= 0.3 is 12.2 Å². The van der Waals surface area contributed by atoms with Gasteiger partial charge in [0.05, 0.1) is 6.10 Å². The topological polar surface area (TPSA) is 96.3 Å². The van der Waals surface area contributed by atoms with Gasteiger partial charge in [-0.25, -0.2) is 14.5 Å². The quantitative estimate of drug-likeness (QED) is 0.808. The normalized spacial score (nSPS) is 14.2. The van der Waals surface area contributed by atoms with E-state index in [9.17, 15) is 19.8 Å². The Hall–Kier alpha value is -2.12. The Kier molecular flexibility index (Phi) is 7.80. The number of benzene rings is 1. The van der Waals surface area contributed by atoms with E-state index in [0.29, 0.717) is 5.56 Å². The zero-order valence-corrected chi connectivity index (χ0v) is 16.9. The Balaban J connectivity index is 2.83. The zero-order chi connectivity index (χ0) is 20.8. The molecule has 0 fully saturated rings. The van der Waals surface area contributed by atoms with Gasteiger partial charge in [0.1, 0.15) is 17.3 Å². The molecule has 2 N–H and O–H groups in total. The van der Waals surface area contributed by atoms with Crippen molar-refractivity contribution < 1.29 is 29.3 Å². The summed E-state index contributed by atoms with van der Waals surface area (Å²) in [4.78, 5) is 25.6. The van der Waals surface area contributed by atoms with Crippen molar-refractivity contribution in [2.45, 2.75) is 71.4 Å². The minimum Gasteiger partial charge on any atom is -0.443 e. The van der Waals surface area contributed by atoms with Crippen molar-refractivity contribution in [2.75, 3.05) is 6.54 Å². The molecule has 0 spiro atoms. The third kappa shape index (κ3) is 8.41. The Morgan fingerprint density at radius 3 is 1.78 bits per heavy atom. The number of nitrogens with zero attached hydrogens (tertiary/aromatic N) is 1. The molecule has 2 atom stereocenters. The minimum atomic E-state index is -1.17. The molecule has 0 aromatic heterocycles. The second kappa shape index (κ2) is 9.19. The summed E-state index contributed by atoms with van der Waals surface area (Å²) >= 11 is 0. The second-order valence-corrected chi connectivity index (χ2v) is 8.32. The maximum atomic E-state index is 12.4. The summed E-state index contributed by atoms with van der Waals surface area (Å²) < 4.78 is 10.5. The van der Waals surface area contributed by atoms with E-state index in [0.717, 1.165) is 4.90 Å². The van der Waals surface area contributed by atoms with E-state index in [1.54, 1.807) is 71.9 Å². The average Bonchev–Trinajstić information content (AvgIpc) is 2.51. The summed E-state index contributed by atoms with van der Waals surface area (Å²) in [7, 11) is 0. The maximum Gasteiger partial charge on any atom is 0.419 e. The molecule has 7 heteroatoms.